The van der Waals surface area contributed by atoms with E-state index in [-0.39, 0.29) is 31.1 Å². The zero-order valence-corrected chi connectivity index (χ0v) is 16.7. The number of ether oxygens (including phenoxy) is 1. The first-order valence-electron chi connectivity index (χ1n) is 9.59. The Kier molecular flexibility index (Phi) is 5.18. The molecule has 0 bridgehead atoms. The molecule has 0 radical (unpaired) electrons. The smallest absolute Gasteiger partial charge is 0.354 e. The molecule has 2 heterocycles. The Morgan fingerprint density at radius 2 is 1.87 bits per heavy atom. The summed E-state index contributed by atoms with van der Waals surface area (Å²) in [6, 6.07) is 14.0. The van der Waals surface area contributed by atoms with Crippen LogP contribution >= 0.6 is 0 Å². The van der Waals surface area contributed by atoms with Gasteiger partial charge in [-0.25, -0.2) is 14.6 Å². The number of hydrogen-bond donors (Lipinski definition) is 0. The number of aryl methyl sites for hydroxylation is 2. The van der Waals surface area contributed by atoms with Crippen LogP contribution in [0.1, 0.15) is 29.5 Å². The van der Waals surface area contributed by atoms with E-state index in [4.69, 9.17) is 9.15 Å². The average Bonchev–Trinajstić information content (AvgIpc) is 2.75. The van der Waals surface area contributed by atoms with Gasteiger partial charge in [0.15, 0.2) is 0 Å². The molecule has 1 aromatic heterocycles. The number of fused-ring (bicyclic) bond motifs is 1. The number of carbonyl (C=O) groups excluding carboxylic acids is 2. The van der Waals surface area contributed by atoms with Gasteiger partial charge >= 0.3 is 11.6 Å². The van der Waals surface area contributed by atoms with Crippen molar-refractivity contribution in [3.63, 3.8) is 0 Å². The second kappa shape index (κ2) is 7.94. The molecule has 1 aliphatic heterocycles. The summed E-state index contributed by atoms with van der Waals surface area (Å²) in [5.74, 6) is -0.802. The molecule has 1 aliphatic rings. The molecule has 0 aliphatic carbocycles. The van der Waals surface area contributed by atoms with E-state index >= 15 is 0 Å². The Morgan fingerprint density at radius 1 is 1.10 bits per heavy atom. The fourth-order valence-electron chi connectivity index (χ4n) is 3.34. The highest BCUT2D eigenvalue weighted by Gasteiger charge is 2.26. The van der Waals surface area contributed by atoms with Crippen molar-refractivity contribution in [2.24, 2.45) is 5.10 Å². The minimum Gasteiger partial charge on any atom is -0.456 e. The van der Waals surface area contributed by atoms with E-state index in [1.807, 2.05) is 32.0 Å². The van der Waals surface area contributed by atoms with Gasteiger partial charge in [0, 0.05) is 29.9 Å². The topological polar surface area (TPSA) is 89.2 Å². The molecule has 0 N–H and O–H groups in total. The number of anilines is 1. The maximum Gasteiger partial charge on any atom is 0.354 e. The lowest BCUT2D eigenvalue weighted by molar-refractivity contribution is -0.137. The van der Waals surface area contributed by atoms with Gasteiger partial charge in [0.1, 0.15) is 17.9 Å². The maximum atomic E-state index is 12.6. The van der Waals surface area contributed by atoms with Gasteiger partial charge in [0.05, 0.1) is 5.69 Å². The van der Waals surface area contributed by atoms with Crippen LogP contribution in [0.25, 0.3) is 11.0 Å². The van der Waals surface area contributed by atoms with Crippen molar-refractivity contribution in [1.29, 1.82) is 0 Å². The minimum absolute atomic E-state index is 0.0955. The Bertz CT molecular complexity index is 1230. The quantitative estimate of drug-likeness (QED) is 0.489. The first-order valence-corrected chi connectivity index (χ1v) is 9.59. The zero-order chi connectivity index (χ0) is 21.3. The Hall–Kier alpha value is -3.74. The van der Waals surface area contributed by atoms with E-state index in [0.29, 0.717) is 16.8 Å². The highest BCUT2D eigenvalue weighted by Crippen LogP contribution is 2.24. The third kappa shape index (κ3) is 3.74. The lowest BCUT2D eigenvalue weighted by Crippen LogP contribution is -2.34. The molecule has 2 aromatic carbocycles. The van der Waals surface area contributed by atoms with Gasteiger partial charge in [0.2, 0.25) is 5.91 Å². The summed E-state index contributed by atoms with van der Waals surface area (Å²) in [5.41, 5.74) is 3.17. The Morgan fingerprint density at radius 3 is 2.63 bits per heavy atom. The van der Waals surface area contributed by atoms with Crippen molar-refractivity contribution >= 4 is 34.2 Å². The number of esters is 1. The van der Waals surface area contributed by atoms with Crippen molar-refractivity contribution in [1.82, 2.24) is 0 Å². The van der Waals surface area contributed by atoms with Crippen molar-refractivity contribution in [2.75, 3.05) is 5.01 Å². The van der Waals surface area contributed by atoms with E-state index in [1.54, 1.807) is 24.3 Å². The summed E-state index contributed by atoms with van der Waals surface area (Å²) in [7, 11) is 0. The summed E-state index contributed by atoms with van der Waals surface area (Å²) in [6.07, 6.45) is 0.371. The molecule has 0 spiro atoms. The van der Waals surface area contributed by atoms with Crippen LogP contribution in [0.3, 0.4) is 0 Å². The van der Waals surface area contributed by atoms with Crippen LogP contribution in [0.2, 0.25) is 0 Å². The Labute approximate surface area is 172 Å². The van der Waals surface area contributed by atoms with Gasteiger partial charge in [-0.05, 0) is 37.1 Å². The molecular formula is C23H20N2O5. The van der Waals surface area contributed by atoms with Gasteiger partial charge in [-0.15, -0.1) is 0 Å². The molecule has 0 unspecified atom stereocenters. The van der Waals surface area contributed by atoms with Gasteiger partial charge in [-0.1, -0.05) is 30.3 Å². The molecule has 1 amide bonds. The first-order chi connectivity index (χ1) is 14.4. The number of nitrogens with zero attached hydrogens (tertiary/aromatic N) is 2. The molecule has 4 rings (SSSR count). The summed E-state index contributed by atoms with van der Waals surface area (Å²) in [6.45, 7) is 3.71. The minimum atomic E-state index is -0.617. The molecule has 7 nitrogen and oxygen atoms in total. The van der Waals surface area contributed by atoms with E-state index in [0.717, 1.165) is 16.5 Å². The maximum absolute atomic E-state index is 12.6. The highest BCUT2D eigenvalue weighted by atomic mass is 16.5. The van der Waals surface area contributed by atoms with Crippen LogP contribution in [0, 0.1) is 13.8 Å². The van der Waals surface area contributed by atoms with Gasteiger partial charge < -0.3 is 9.15 Å². The van der Waals surface area contributed by atoms with Crippen molar-refractivity contribution in [2.45, 2.75) is 33.3 Å². The largest absolute Gasteiger partial charge is 0.456 e. The average molecular weight is 404 g/mol. The van der Waals surface area contributed by atoms with Crippen LogP contribution in [0.15, 0.2) is 62.8 Å². The van der Waals surface area contributed by atoms with E-state index in [1.165, 1.54) is 11.1 Å². The second-order valence-corrected chi connectivity index (χ2v) is 7.14. The fraction of sp³-hybridized carbons (Fsp3) is 0.217. The highest BCUT2D eigenvalue weighted by molar-refractivity contribution is 6.38. The van der Waals surface area contributed by atoms with Gasteiger partial charge in [-0.2, -0.15) is 5.10 Å². The lowest BCUT2D eigenvalue weighted by Gasteiger charge is -2.22. The van der Waals surface area contributed by atoms with Crippen LogP contribution < -0.4 is 10.6 Å². The van der Waals surface area contributed by atoms with Crippen LogP contribution in [0.4, 0.5) is 5.69 Å². The second-order valence-electron chi connectivity index (χ2n) is 7.14. The van der Waals surface area contributed by atoms with Crippen molar-refractivity contribution in [3.8, 4) is 0 Å². The Balaban J connectivity index is 1.57. The monoisotopic (exact) mass is 404 g/mol. The molecule has 30 heavy (non-hydrogen) atoms. The standard InChI is InChI=1S/C23H20N2O5/c1-14-8-9-18-16(12-21(27)30-22(18)15(14)2)13-29-23(28)19-10-11-20(26)25(24-19)17-6-4-3-5-7-17/h3-9,12H,10-11,13H2,1-2H3. The van der Waals surface area contributed by atoms with Crippen LogP contribution in [0.5, 0.6) is 0 Å². The predicted octanol–water partition coefficient (Wildman–Crippen LogP) is 3.64. The van der Waals surface area contributed by atoms with Crippen LogP contribution in [-0.2, 0) is 20.9 Å². The SMILES string of the molecule is Cc1ccc2c(COC(=O)C3=NN(c4ccccc4)C(=O)CC3)cc(=O)oc2c1C. The molecule has 7 heteroatoms. The lowest BCUT2D eigenvalue weighted by atomic mass is 10.0. The van der Waals surface area contributed by atoms with E-state index < -0.39 is 11.6 Å². The number of rotatable bonds is 4. The third-order valence-electron chi connectivity index (χ3n) is 5.15. The number of carbonyl (C=O) groups is 2. The molecule has 0 saturated heterocycles. The zero-order valence-electron chi connectivity index (χ0n) is 16.7. The number of benzene rings is 2. The molecule has 0 fully saturated rings. The molecule has 0 atom stereocenters. The van der Waals surface area contributed by atoms with E-state index in [9.17, 15) is 14.4 Å². The predicted molar refractivity (Wildman–Crippen MR) is 112 cm³/mol. The summed E-state index contributed by atoms with van der Waals surface area (Å²) in [5, 5.41) is 6.14. The van der Waals surface area contributed by atoms with E-state index in [2.05, 4.69) is 5.10 Å². The molecule has 3 aromatic rings. The molecule has 0 saturated carbocycles. The number of amides is 1. The van der Waals surface area contributed by atoms with Gasteiger partial charge in [-0.3, -0.25) is 4.79 Å². The number of hydrogen-bond acceptors (Lipinski definition) is 6. The normalized spacial score (nSPS) is 14.0. The number of hydrazone groups is 1. The summed E-state index contributed by atoms with van der Waals surface area (Å²) < 4.78 is 10.8. The molecular weight excluding hydrogens is 384 g/mol. The summed E-state index contributed by atoms with van der Waals surface area (Å²) in [4.78, 5) is 36.8. The van der Waals surface area contributed by atoms with Crippen molar-refractivity contribution in [3.05, 3.63) is 75.6 Å². The fourth-order valence-corrected chi connectivity index (χ4v) is 3.34. The van der Waals surface area contributed by atoms with Crippen molar-refractivity contribution < 1.29 is 18.7 Å². The van der Waals surface area contributed by atoms with Gasteiger partial charge in [0.25, 0.3) is 0 Å². The van der Waals surface area contributed by atoms with Crippen LogP contribution in [-0.4, -0.2) is 17.6 Å². The number of para-hydroxylation sites is 1. The molecule has 152 valence electrons. The third-order valence-corrected chi connectivity index (χ3v) is 5.15. The summed E-state index contributed by atoms with van der Waals surface area (Å²) >= 11 is 0. The first kappa shape index (κ1) is 19.6.